The van der Waals surface area contributed by atoms with Gasteiger partial charge in [0.2, 0.25) is 0 Å². The molecule has 0 unspecified atom stereocenters. The molecule has 4 nitrogen and oxygen atoms in total. The van der Waals surface area contributed by atoms with E-state index < -0.39 is 11.7 Å². The minimum absolute atomic E-state index is 0.0619. The van der Waals surface area contributed by atoms with E-state index in [0.29, 0.717) is 32.7 Å². The molecule has 0 bridgehead atoms. The van der Waals surface area contributed by atoms with E-state index in [1.165, 1.54) is 12.1 Å². The largest absolute Gasteiger partial charge is 0.508 e. The van der Waals surface area contributed by atoms with E-state index in [1.807, 2.05) is 12.1 Å². The first-order valence-electron chi connectivity index (χ1n) is 8.30. The molecular formula is C19H19F3N2O2. The van der Waals surface area contributed by atoms with Crippen molar-refractivity contribution >= 4 is 5.91 Å². The first-order chi connectivity index (χ1) is 12.3. The van der Waals surface area contributed by atoms with Gasteiger partial charge in [0, 0.05) is 38.3 Å². The Kier molecular flexibility index (Phi) is 5.18. The molecule has 2 aromatic carbocycles. The van der Waals surface area contributed by atoms with Crippen molar-refractivity contribution in [3.63, 3.8) is 0 Å². The lowest BCUT2D eigenvalue weighted by molar-refractivity contribution is -0.137. The van der Waals surface area contributed by atoms with Crippen LogP contribution in [-0.2, 0) is 12.7 Å². The standard InChI is InChI=1S/C19H19F3N2O2/c20-19(21,22)16-3-1-2-15(12-16)18(26)24-10-8-23(9-11-24)13-14-4-6-17(25)7-5-14/h1-7,12,25H,8-11,13H2. The van der Waals surface area contributed by atoms with Crippen LogP contribution >= 0.6 is 0 Å². The Hall–Kier alpha value is -2.54. The third-order valence-electron chi connectivity index (χ3n) is 4.44. The second-order valence-electron chi connectivity index (χ2n) is 6.31. The quantitative estimate of drug-likeness (QED) is 0.908. The summed E-state index contributed by atoms with van der Waals surface area (Å²) in [5.74, 6) is -0.161. The van der Waals surface area contributed by atoms with Crippen LogP contribution < -0.4 is 0 Å². The van der Waals surface area contributed by atoms with E-state index in [0.717, 1.165) is 17.7 Å². The van der Waals surface area contributed by atoms with Gasteiger partial charge in [0.05, 0.1) is 5.56 Å². The van der Waals surface area contributed by atoms with Crippen LogP contribution in [0.3, 0.4) is 0 Å². The summed E-state index contributed by atoms with van der Waals surface area (Å²) in [7, 11) is 0. The number of carbonyl (C=O) groups excluding carboxylic acids is 1. The minimum atomic E-state index is -4.46. The van der Waals surface area contributed by atoms with Gasteiger partial charge in [-0.25, -0.2) is 0 Å². The van der Waals surface area contributed by atoms with Gasteiger partial charge >= 0.3 is 6.18 Å². The molecule has 26 heavy (non-hydrogen) atoms. The topological polar surface area (TPSA) is 43.8 Å². The summed E-state index contributed by atoms with van der Waals surface area (Å²) in [6, 6.07) is 11.5. The van der Waals surface area contributed by atoms with E-state index in [9.17, 15) is 23.1 Å². The number of alkyl halides is 3. The number of carbonyl (C=O) groups is 1. The fourth-order valence-electron chi connectivity index (χ4n) is 2.98. The average molecular weight is 364 g/mol. The van der Waals surface area contributed by atoms with Crippen LogP contribution in [0.15, 0.2) is 48.5 Å². The summed E-state index contributed by atoms with van der Waals surface area (Å²) in [6.07, 6.45) is -4.46. The summed E-state index contributed by atoms with van der Waals surface area (Å²) in [5.41, 5.74) is 0.307. The molecule has 2 aromatic rings. The molecule has 0 aromatic heterocycles. The van der Waals surface area contributed by atoms with Crippen LogP contribution in [0.2, 0.25) is 0 Å². The normalized spacial score (nSPS) is 15.9. The van der Waals surface area contributed by atoms with Crippen molar-refractivity contribution in [3.05, 3.63) is 65.2 Å². The number of phenols is 1. The molecule has 1 saturated heterocycles. The van der Waals surface area contributed by atoms with Gasteiger partial charge in [0.25, 0.3) is 5.91 Å². The van der Waals surface area contributed by atoms with Crippen molar-refractivity contribution in [1.82, 2.24) is 9.80 Å². The van der Waals surface area contributed by atoms with Crippen molar-refractivity contribution in [1.29, 1.82) is 0 Å². The number of hydrogen-bond acceptors (Lipinski definition) is 3. The van der Waals surface area contributed by atoms with E-state index in [4.69, 9.17) is 0 Å². The maximum absolute atomic E-state index is 12.8. The minimum Gasteiger partial charge on any atom is -0.508 e. The Balaban J connectivity index is 1.59. The monoisotopic (exact) mass is 364 g/mol. The lowest BCUT2D eigenvalue weighted by atomic mass is 10.1. The molecule has 0 radical (unpaired) electrons. The van der Waals surface area contributed by atoms with Crippen LogP contribution in [-0.4, -0.2) is 47.0 Å². The smallest absolute Gasteiger partial charge is 0.416 e. The number of hydrogen-bond donors (Lipinski definition) is 1. The van der Waals surface area contributed by atoms with E-state index in [1.54, 1.807) is 17.0 Å². The van der Waals surface area contributed by atoms with E-state index >= 15 is 0 Å². The summed E-state index contributed by atoms with van der Waals surface area (Å²) in [6.45, 7) is 2.92. The molecule has 1 N–H and O–H groups in total. The van der Waals surface area contributed by atoms with Gasteiger partial charge in [-0.2, -0.15) is 13.2 Å². The fraction of sp³-hybridized carbons (Fsp3) is 0.316. The predicted molar refractivity (Wildman–Crippen MR) is 90.7 cm³/mol. The molecule has 0 saturated carbocycles. The van der Waals surface area contributed by atoms with Crippen molar-refractivity contribution in [2.45, 2.75) is 12.7 Å². The van der Waals surface area contributed by atoms with Crippen LogP contribution in [0.1, 0.15) is 21.5 Å². The molecule has 1 fully saturated rings. The summed E-state index contributed by atoms with van der Waals surface area (Å²) in [4.78, 5) is 16.2. The van der Waals surface area contributed by atoms with Crippen LogP contribution in [0.5, 0.6) is 5.75 Å². The van der Waals surface area contributed by atoms with Gasteiger partial charge in [-0.15, -0.1) is 0 Å². The second kappa shape index (κ2) is 7.37. The second-order valence-corrected chi connectivity index (χ2v) is 6.31. The Bertz CT molecular complexity index is 767. The summed E-state index contributed by atoms with van der Waals surface area (Å²) < 4.78 is 38.4. The number of nitrogens with zero attached hydrogens (tertiary/aromatic N) is 2. The summed E-state index contributed by atoms with van der Waals surface area (Å²) in [5, 5.41) is 9.31. The lowest BCUT2D eigenvalue weighted by Gasteiger charge is -2.34. The van der Waals surface area contributed by atoms with Gasteiger partial charge < -0.3 is 10.0 Å². The highest BCUT2D eigenvalue weighted by Crippen LogP contribution is 2.29. The van der Waals surface area contributed by atoms with Crippen molar-refractivity contribution in [2.24, 2.45) is 0 Å². The van der Waals surface area contributed by atoms with Crippen LogP contribution in [0.4, 0.5) is 13.2 Å². The molecule has 7 heteroatoms. The molecule has 138 valence electrons. The number of amides is 1. The fourth-order valence-corrected chi connectivity index (χ4v) is 2.98. The highest BCUT2D eigenvalue weighted by Gasteiger charge is 2.31. The van der Waals surface area contributed by atoms with E-state index in [-0.39, 0.29) is 17.2 Å². The summed E-state index contributed by atoms with van der Waals surface area (Å²) >= 11 is 0. The molecular weight excluding hydrogens is 345 g/mol. The Morgan fingerprint density at radius 1 is 1.00 bits per heavy atom. The number of halogens is 3. The Morgan fingerprint density at radius 2 is 1.65 bits per heavy atom. The Labute approximate surface area is 149 Å². The van der Waals surface area contributed by atoms with Gasteiger partial charge in [0.1, 0.15) is 5.75 Å². The van der Waals surface area contributed by atoms with Gasteiger partial charge in [-0.1, -0.05) is 18.2 Å². The van der Waals surface area contributed by atoms with Crippen molar-refractivity contribution in [2.75, 3.05) is 26.2 Å². The van der Waals surface area contributed by atoms with Gasteiger partial charge in [-0.3, -0.25) is 9.69 Å². The molecule has 1 amide bonds. The average Bonchev–Trinajstić information content (AvgIpc) is 2.63. The zero-order valence-corrected chi connectivity index (χ0v) is 14.0. The first kappa shape index (κ1) is 18.3. The molecule has 0 spiro atoms. The number of benzene rings is 2. The molecule has 1 aliphatic rings. The molecule has 3 rings (SSSR count). The maximum Gasteiger partial charge on any atom is 0.416 e. The highest BCUT2D eigenvalue weighted by molar-refractivity contribution is 5.94. The van der Waals surface area contributed by atoms with Gasteiger partial charge in [-0.05, 0) is 35.9 Å². The number of piperazine rings is 1. The SMILES string of the molecule is O=C(c1cccc(C(F)(F)F)c1)N1CCN(Cc2ccc(O)cc2)CC1. The third-order valence-corrected chi connectivity index (χ3v) is 4.44. The maximum atomic E-state index is 12.8. The van der Waals surface area contributed by atoms with E-state index in [2.05, 4.69) is 4.90 Å². The lowest BCUT2D eigenvalue weighted by Crippen LogP contribution is -2.48. The molecule has 0 atom stereocenters. The first-order valence-corrected chi connectivity index (χ1v) is 8.30. The number of aromatic hydroxyl groups is 1. The van der Waals surface area contributed by atoms with Crippen LogP contribution in [0, 0.1) is 0 Å². The number of rotatable bonds is 3. The predicted octanol–water partition coefficient (Wildman–Crippen LogP) is 3.37. The zero-order valence-electron chi connectivity index (χ0n) is 14.0. The van der Waals surface area contributed by atoms with Gasteiger partial charge in [0.15, 0.2) is 0 Å². The molecule has 0 aliphatic carbocycles. The highest BCUT2D eigenvalue weighted by atomic mass is 19.4. The van der Waals surface area contributed by atoms with Crippen molar-refractivity contribution in [3.8, 4) is 5.75 Å². The van der Waals surface area contributed by atoms with Crippen molar-refractivity contribution < 1.29 is 23.1 Å². The zero-order chi connectivity index (χ0) is 18.7. The molecule has 1 aliphatic heterocycles. The number of phenolic OH excluding ortho intramolecular Hbond substituents is 1. The molecule has 1 heterocycles. The third kappa shape index (κ3) is 4.35. The van der Waals surface area contributed by atoms with Crippen LogP contribution in [0.25, 0.3) is 0 Å². The Morgan fingerprint density at radius 3 is 2.27 bits per heavy atom.